The average Bonchev–Trinajstić information content (AvgIpc) is 3.23. The lowest BCUT2D eigenvalue weighted by Crippen LogP contribution is -2.36. The van der Waals surface area contributed by atoms with Crippen molar-refractivity contribution in [1.82, 2.24) is 4.90 Å². The van der Waals surface area contributed by atoms with Crippen LogP contribution in [-0.4, -0.2) is 189 Å². The topological polar surface area (TPSA) is 140 Å². The normalized spacial score (nSPS) is 11.8. The molecule has 15 nitrogen and oxygen atoms in total. The number of carbonyl (C=O) groups is 1. The first-order valence-electron chi connectivity index (χ1n) is 23.7. The SMILES string of the molecule is CCCCCCCCCCCCCCCCOCCOCCOCCOCCOCCOCCOCCOCCOCCOCCOCCOCCN(C)C(=O)OC(C)(C)C. The number of ether oxygens (including phenoxy) is 13. The van der Waals surface area contributed by atoms with Gasteiger partial charge in [0.2, 0.25) is 0 Å². The van der Waals surface area contributed by atoms with Gasteiger partial charge in [0.05, 0.1) is 152 Å². The number of amides is 1. The molecule has 0 saturated carbocycles. The Morgan fingerprint density at radius 1 is 0.328 bits per heavy atom. The van der Waals surface area contributed by atoms with Crippen molar-refractivity contribution in [3.8, 4) is 0 Å². The predicted octanol–water partition coefficient (Wildman–Crippen LogP) is 7.53. The van der Waals surface area contributed by atoms with Crippen molar-refractivity contribution in [2.75, 3.05) is 172 Å². The van der Waals surface area contributed by atoms with E-state index in [1.807, 2.05) is 20.8 Å². The Hall–Kier alpha value is -1.21. The summed E-state index contributed by atoms with van der Waals surface area (Å²) < 4.78 is 71.7. The number of hydrogen-bond acceptors (Lipinski definition) is 14. The van der Waals surface area contributed by atoms with E-state index in [0.29, 0.717) is 159 Å². The van der Waals surface area contributed by atoms with Gasteiger partial charge in [0, 0.05) is 20.2 Å². The zero-order valence-corrected chi connectivity index (χ0v) is 39.7. The summed E-state index contributed by atoms with van der Waals surface area (Å²) in [6.45, 7) is 20.8. The van der Waals surface area contributed by atoms with Crippen LogP contribution in [-0.2, 0) is 61.6 Å². The van der Waals surface area contributed by atoms with Crippen molar-refractivity contribution in [3.63, 3.8) is 0 Å². The standard InChI is InChI=1S/C46H93NO14/c1-6-7-8-9-10-11-12-13-14-15-16-17-18-19-21-49-23-25-51-27-29-53-31-33-55-35-37-57-39-41-59-43-44-60-42-40-58-38-36-56-34-32-54-30-28-52-26-24-50-22-20-47(5)45(48)61-46(2,3)4/h6-44H2,1-5H3. The summed E-state index contributed by atoms with van der Waals surface area (Å²) in [7, 11) is 1.68. The molecule has 1 amide bonds. The summed E-state index contributed by atoms with van der Waals surface area (Å²) in [5.74, 6) is 0. The van der Waals surface area contributed by atoms with Crippen molar-refractivity contribution >= 4 is 6.09 Å². The maximum Gasteiger partial charge on any atom is 0.410 e. The molecule has 0 unspecified atom stereocenters. The number of carbonyl (C=O) groups excluding carboxylic acids is 1. The van der Waals surface area contributed by atoms with Crippen LogP contribution in [0.3, 0.4) is 0 Å². The van der Waals surface area contributed by atoms with Gasteiger partial charge in [0.25, 0.3) is 0 Å². The molecule has 15 heteroatoms. The van der Waals surface area contributed by atoms with Gasteiger partial charge in [-0.2, -0.15) is 0 Å². The van der Waals surface area contributed by atoms with Crippen LogP contribution in [0.5, 0.6) is 0 Å². The highest BCUT2D eigenvalue weighted by Crippen LogP contribution is 2.13. The monoisotopic (exact) mass is 884 g/mol. The molecule has 0 bridgehead atoms. The van der Waals surface area contributed by atoms with E-state index in [-0.39, 0.29) is 6.09 Å². The lowest BCUT2D eigenvalue weighted by atomic mass is 10.0. The third kappa shape index (κ3) is 53.0. The highest BCUT2D eigenvalue weighted by molar-refractivity contribution is 5.67. The minimum atomic E-state index is -0.511. The van der Waals surface area contributed by atoms with Crippen LogP contribution in [0.15, 0.2) is 0 Å². The van der Waals surface area contributed by atoms with Crippen molar-refractivity contribution < 1.29 is 66.4 Å². The third-order valence-corrected chi connectivity index (χ3v) is 9.01. The molecule has 366 valence electrons. The summed E-state index contributed by atoms with van der Waals surface area (Å²) in [6.07, 6.45) is 18.8. The minimum Gasteiger partial charge on any atom is -0.444 e. The zero-order valence-electron chi connectivity index (χ0n) is 39.7. The average molecular weight is 884 g/mol. The van der Waals surface area contributed by atoms with E-state index >= 15 is 0 Å². The smallest absolute Gasteiger partial charge is 0.410 e. The molecule has 0 aliphatic carbocycles. The highest BCUT2D eigenvalue weighted by atomic mass is 16.6. The number of rotatable bonds is 51. The van der Waals surface area contributed by atoms with Gasteiger partial charge in [0.1, 0.15) is 5.60 Å². The van der Waals surface area contributed by atoms with Gasteiger partial charge >= 0.3 is 6.09 Å². The molecule has 0 radical (unpaired) electrons. The number of nitrogens with zero attached hydrogens (tertiary/aromatic N) is 1. The van der Waals surface area contributed by atoms with Crippen LogP contribution in [0, 0.1) is 0 Å². The molecule has 0 N–H and O–H groups in total. The maximum atomic E-state index is 11.9. The zero-order chi connectivity index (χ0) is 44.4. The van der Waals surface area contributed by atoms with E-state index in [0.717, 1.165) is 13.0 Å². The Bertz CT molecular complexity index is 854. The minimum absolute atomic E-state index is 0.363. The third-order valence-electron chi connectivity index (χ3n) is 9.01. The van der Waals surface area contributed by atoms with Crippen LogP contribution in [0.25, 0.3) is 0 Å². The molecule has 0 spiro atoms. The van der Waals surface area contributed by atoms with Gasteiger partial charge in [-0.3, -0.25) is 0 Å². The number of hydrogen-bond donors (Lipinski definition) is 0. The first kappa shape index (κ1) is 59.8. The van der Waals surface area contributed by atoms with Crippen LogP contribution in [0.4, 0.5) is 4.79 Å². The van der Waals surface area contributed by atoms with Gasteiger partial charge in [-0.05, 0) is 27.2 Å². The fraction of sp³-hybridized carbons (Fsp3) is 0.978. The van der Waals surface area contributed by atoms with E-state index in [2.05, 4.69) is 6.92 Å². The van der Waals surface area contributed by atoms with Gasteiger partial charge in [-0.25, -0.2) is 4.79 Å². The molecular weight excluding hydrogens is 790 g/mol. The maximum absolute atomic E-state index is 11.9. The van der Waals surface area contributed by atoms with E-state index in [1.165, 1.54) is 88.4 Å². The molecule has 0 aromatic carbocycles. The number of unbranched alkanes of at least 4 members (excludes halogenated alkanes) is 13. The van der Waals surface area contributed by atoms with E-state index < -0.39 is 5.60 Å². The van der Waals surface area contributed by atoms with Crippen LogP contribution in [0.2, 0.25) is 0 Å². The molecule has 0 saturated heterocycles. The molecule has 61 heavy (non-hydrogen) atoms. The van der Waals surface area contributed by atoms with E-state index in [1.54, 1.807) is 7.05 Å². The first-order valence-corrected chi connectivity index (χ1v) is 23.7. The Morgan fingerprint density at radius 3 is 0.787 bits per heavy atom. The van der Waals surface area contributed by atoms with Crippen LogP contribution >= 0.6 is 0 Å². The van der Waals surface area contributed by atoms with Crippen LogP contribution < -0.4 is 0 Å². The number of likely N-dealkylation sites (N-methyl/N-ethyl adjacent to an activating group) is 1. The Morgan fingerprint density at radius 2 is 0.541 bits per heavy atom. The summed E-state index contributed by atoms with van der Waals surface area (Å²) >= 11 is 0. The van der Waals surface area contributed by atoms with Gasteiger partial charge in [-0.15, -0.1) is 0 Å². The molecule has 0 rings (SSSR count). The molecule has 0 aliphatic rings. The van der Waals surface area contributed by atoms with E-state index in [4.69, 9.17) is 61.6 Å². The van der Waals surface area contributed by atoms with Gasteiger partial charge < -0.3 is 66.5 Å². The lowest BCUT2D eigenvalue weighted by molar-refractivity contribution is -0.0285. The van der Waals surface area contributed by atoms with E-state index in [9.17, 15) is 4.79 Å². The van der Waals surface area contributed by atoms with Crippen molar-refractivity contribution in [1.29, 1.82) is 0 Å². The Labute approximate surface area is 372 Å². The Kier molecular flexibility index (Phi) is 48.8. The molecule has 0 heterocycles. The van der Waals surface area contributed by atoms with Crippen LogP contribution in [0.1, 0.15) is 118 Å². The molecule has 0 aliphatic heterocycles. The summed E-state index contributed by atoms with van der Waals surface area (Å²) in [4.78, 5) is 13.4. The summed E-state index contributed by atoms with van der Waals surface area (Å²) in [5, 5.41) is 0. The lowest BCUT2D eigenvalue weighted by Gasteiger charge is -2.24. The molecule has 0 atom stereocenters. The fourth-order valence-electron chi connectivity index (χ4n) is 5.55. The second-order valence-corrected chi connectivity index (χ2v) is 15.8. The first-order chi connectivity index (χ1) is 29.9. The summed E-state index contributed by atoms with van der Waals surface area (Å²) in [5.41, 5.74) is -0.511. The predicted molar refractivity (Wildman–Crippen MR) is 239 cm³/mol. The highest BCUT2D eigenvalue weighted by Gasteiger charge is 2.19. The second-order valence-electron chi connectivity index (χ2n) is 15.8. The van der Waals surface area contributed by atoms with Gasteiger partial charge in [0.15, 0.2) is 0 Å². The quantitative estimate of drug-likeness (QED) is 0.0556. The van der Waals surface area contributed by atoms with Crippen molar-refractivity contribution in [2.45, 2.75) is 123 Å². The molecule has 0 fully saturated rings. The van der Waals surface area contributed by atoms with Gasteiger partial charge in [-0.1, -0.05) is 90.4 Å². The summed E-state index contributed by atoms with van der Waals surface area (Å²) in [6, 6.07) is 0. The fourth-order valence-corrected chi connectivity index (χ4v) is 5.55. The molecule has 0 aromatic heterocycles. The van der Waals surface area contributed by atoms with Crippen molar-refractivity contribution in [2.24, 2.45) is 0 Å². The largest absolute Gasteiger partial charge is 0.444 e. The molecule has 0 aromatic rings. The Balaban J connectivity index is 3.12. The van der Waals surface area contributed by atoms with Crippen molar-refractivity contribution in [3.05, 3.63) is 0 Å². The second kappa shape index (κ2) is 49.8. The molecular formula is C46H93NO14.